The molecule has 0 heterocycles. The van der Waals surface area contributed by atoms with Crippen LogP contribution < -0.4 is 5.32 Å². The Hall–Kier alpha value is -0.0400. The molecule has 1 N–H and O–H groups in total. The molecule has 0 fully saturated rings. The van der Waals surface area contributed by atoms with Crippen molar-refractivity contribution in [1.29, 1.82) is 0 Å². The maximum Gasteiger partial charge on any atom is 0.00104 e. The molecule has 80 valence electrons. The molecule has 13 heavy (non-hydrogen) atoms. The summed E-state index contributed by atoms with van der Waals surface area (Å²) in [6.45, 7) is 12.6. The summed E-state index contributed by atoms with van der Waals surface area (Å²) in [5.41, 5.74) is 0. The van der Waals surface area contributed by atoms with Gasteiger partial charge >= 0.3 is 0 Å². The molecular formula is C12H27N. The molecule has 0 saturated heterocycles. The molecular weight excluding hydrogens is 158 g/mol. The topological polar surface area (TPSA) is 12.0 Å². The average Bonchev–Trinajstić information content (AvgIpc) is 2.10. The highest BCUT2D eigenvalue weighted by Crippen LogP contribution is 2.14. The molecule has 1 heteroatoms. The molecule has 0 aliphatic heterocycles. The van der Waals surface area contributed by atoms with E-state index in [1.165, 1.54) is 25.8 Å². The molecule has 0 rings (SSSR count). The molecule has 0 aromatic rings. The summed E-state index contributed by atoms with van der Waals surface area (Å²) in [5.74, 6) is 1.73. The second-order valence-electron chi connectivity index (χ2n) is 4.76. The summed E-state index contributed by atoms with van der Waals surface area (Å²) in [6.07, 6.45) is 4.08. The smallest absolute Gasteiger partial charge is 0.00104 e. The summed E-state index contributed by atoms with van der Waals surface area (Å²) in [5, 5.41) is 3.49. The zero-order chi connectivity index (χ0) is 10.3. The molecule has 0 spiro atoms. The highest BCUT2D eigenvalue weighted by molar-refractivity contribution is 4.61. The molecule has 0 amide bonds. The lowest BCUT2D eigenvalue weighted by Crippen LogP contribution is -2.27. The van der Waals surface area contributed by atoms with Crippen molar-refractivity contribution in [3.63, 3.8) is 0 Å². The largest absolute Gasteiger partial charge is 0.314 e. The summed E-state index contributed by atoms with van der Waals surface area (Å²) in [7, 11) is 0. The van der Waals surface area contributed by atoms with Crippen molar-refractivity contribution in [2.24, 2.45) is 11.8 Å². The van der Waals surface area contributed by atoms with E-state index in [9.17, 15) is 0 Å². The average molecular weight is 185 g/mol. The van der Waals surface area contributed by atoms with Crippen LogP contribution in [0.2, 0.25) is 0 Å². The number of rotatable bonds is 7. The molecule has 0 aliphatic carbocycles. The highest BCUT2D eigenvalue weighted by atomic mass is 14.9. The van der Waals surface area contributed by atoms with E-state index in [1.54, 1.807) is 0 Å². The van der Waals surface area contributed by atoms with E-state index in [4.69, 9.17) is 0 Å². The van der Waals surface area contributed by atoms with Crippen LogP contribution in [0, 0.1) is 11.8 Å². The Morgan fingerprint density at radius 2 is 1.46 bits per heavy atom. The molecule has 2 unspecified atom stereocenters. The van der Waals surface area contributed by atoms with E-state index >= 15 is 0 Å². The van der Waals surface area contributed by atoms with Crippen LogP contribution in [0.1, 0.15) is 53.9 Å². The lowest BCUT2D eigenvalue weighted by atomic mass is 9.96. The third kappa shape index (κ3) is 8.29. The van der Waals surface area contributed by atoms with E-state index in [0.717, 1.165) is 11.8 Å². The second kappa shape index (κ2) is 7.37. The first-order valence-electron chi connectivity index (χ1n) is 5.79. The molecule has 0 aromatic heterocycles. The number of hydrogen-bond donors (Lipinski definition) is 1. The summed E-state index contributed by atoms with van der Waals surface area (Å²) < 4.78 is 0. The molecule has 0 aromatic carbocycles. The van der Waals surface area contributed by atoms with E-state index in [-0.39, 0.29) is 0 Å². The number of nitrogens with one attached hydrogen (secondary N) is 1. The Morgan fingerprint density at radius 1 is 0.923 bits per heavy atom. The van der Waals surface area contributed by atoms with Crippen LogP contribution >= 0.6 is 0 Å². The lowest BCUT2D eigenvalue weighted by molar-refractivity contribution is 0.395. The molecule has 0 radical (unpaired) electrons. The SMILES string of the molecule is CCC(C)CCC(C)CNC(C)C. The van der Waals surface area contributed by atoms with Gasteiger partial charge in [0.15, 0.2) is 0 Å². The first-order valence-corrected chi connectivity index (χ1v) is 5.79. The minimum Gasteiger partial charge on any atom is -0.314 e. The van der Waals surface area contributed by atoms with Gasteiger partial charge in [-0.05, 0) is 24.8 Å². The third-order valence-corrected chi connectivity index (χ3v) is 2.72. The normalized spacial score (nSPS) is 16.2. The van der Waals surface area contributed by atoms with E-state index in [1.807, 2.05) is 0 Å². The van der Waals surface area contributed by atoms with Crippen LogP contribution in [0.15, 0.2) is 0 Å². The molecule has 2 atom stereocenters. The zero-order valence-electron chi connectivity index (χ0n) is 10.1. The van der Waals surface area contributed by atoms with Crippen LogP contribution in [-0.4, -0.2) is 12.6 Å². The van der Waals surface area contributed by atoms with Crippen molar-refractivity contribution in [2.75, 3.05) is 6.54 Å². The van der Waals surface area contributed by atoms with Crippen molar-refractivity contribution in [1.82, 2.24) is 5.32 Å². The van der Waals surface area contributed by atoms with Crippen molar-refractivity contribution in [3.05, 3.63) is 0 Å². The van der Waals surface area contributed by atoms with Gasteiger partial charge in [0.2, 0.25) is 0 Å². The van der Waals surface area contributed by atoms with Gasteiger partial charge < -0.3 is 5.32 Å². The monoisotopic (exact) mass is 185 g/mol. The van der Waals surface area contributed by atoms with Crippen LogP contribution in [0.25, 0.3) is 0 Å². The Bertz CT molecular complexity index is 110. The first-order chi connectivity index (χ1) is 6.06. The van der Waals surface area contributed by atoms with Crippen LogP contribution in [0.3, 0.4) is 0 Å². The fraction of sp³-hybridized carbons (Fsp3) is 1.00. The standard InChI is InChI=1S/C12H27N/c1-6-11(4)7-8-12(5)9-13-10(2)3/h10-13H,6-9H2,1-5H3. The van der Waals surface area contributed by atoms with Crippen LogP contribution in [0.5, 0.6) is 0 Å². The highest BCUT2D eigenvalue weighted by Gasteiger charge is 2.05. The fourth-order valence-corrected chi connectivity index (χ4v) is 1.31. The number of hydrogen-bond acceptors (Lipinski definition) is 1. The van der Waals surface area contributed by atoms with Crippen molar-refractivity contribution in [3.8, 4) is 0 Å². The molecule has 0 saturated carbocycles. The van der Waals surface area contributed by atoms with Gasteiger partial charge in [-0.3, -0.25) is 0 Å². The Balaban J connectivity index is 3.34. The van der Waals surface area contributed by atoms with E-state index in [0.29, 0.717) is 6.04 Å². The fourth-order valence-electron chi connectivity index (χ4n) is 1.31. The van der Waals surface area contributed by atoms with Crippen molar-refractivity contribution in [2.45, 2.75) is 59.9 Å². The Labute approximate surface area is 84.3 Å². The van der Waals surface area contributed by atoms with Crippen molar-refractivity contribution >= 4 is 0 Å². The lowest BCUT2D eigenvalue weighted by Gasteiger charge is -2.16. The van der Waals surface area contributed by atoms with Gasteiger partial charge in [0.1, 0.15) is 0 Å². The molecule has 1 nitrogen and oxygen atoms in total. The van der Waals surface area contributed by atoms with Gasteiger partial charge in [-0.25, -0.2) is 0 Å². The maximum atomic E-state index is 3.49. The zero-order valence-corrected chi connectivity index (χ0v) is 10.1. The van der Waals surface area contributed by atoms with Gasteiger partial charge in [-0.1, -0.05) is 47.5 Å². The summed E-state index contributed by atoms with van der Waals surface area (Å²) >= 11 is 0. The molecule has 0 bridgehead atoms. The third-order valence-electron chi connectivity index (χ3n) is 2.72. The predicted molar refractivity (Wildman–Crippen MR) is 61.0 cm³/mol. The predicted octanol–water partition coefficient (Wildman–Crippen LogP) is 3.45. The van der Waals surface area contributed by atoms with Crippen LogP contribution in [0.4, 0.5) is 0 Å². The summed E-state index contributed by atoms with van der Waals surface area (Å²) in [6, 6.07) is 0.631. The van der Waals surface area contributed by atoms with Crippen molar-refractivity contribution < 1.29 is 0 Å². The van der Waals surface area contributed by atoms with Gasteiger partial charge in [-0.15, -0.1) is 0 Å². The second-order valence-corrected chi connectivity index (χ2v) is 4.76. The van der Waals surface area contributed by atoms with Gasteiger partial charge in [0.05, 0.1) is 0 Å². The minimum absolute atomic E-state index is 0.631. The Morgan fingerprint density at radius 3 is 1.92 bits per heavy atom. The van der Waals surface area contributed by atoms with Gasteiger partial charge in [0.25, 0.3) is 0 Å². The maximum absolute atomic E-state index is 3.49. The van der Waals surface area contributed by atoms with Gasteiger partial charge in [-0.2, -0.15) is 0 Å². The summed E-state index contributed by atoms with van der Waals surface area (Å²) in [4.78, 5) is 0. The van der Waals surface area contributed by atoms with E-state index in [2.05, 4.69) is 39.9 Å². The Kier molecular flexibility index (Phi) is 7.35. The quantitative estimate of drug-likeness (QED) is 0.640. The van der Waals surface area contributed by atoms with E-state index < -0.39 is 0 Å². The van der Waals surface area contributed by atoms with Gasteiger partial charge in [0, 0.05) is 6.04 Å². The first kappa shape index (κ1) is 13.0. The molecule has 0 aliphatic rings. The van der Waals surface area contributed by atoms with Crippen LogP contribution in [-0.2, 0) is 0 Å². The minimum atomic E-state index is 0.631.